The van der Waals surface area contributed by atoms with Crippen LogP contribution in [0.15, 0.2) is 24.3 Å². The number of hydrogen-bond acceptors (Lipinski definition) is 6. The van der Waals surface area contributed by atoms with Crippen molar-refractivity contribution in [3.05, 3.63) is 40.1 Å². The summed E-state index contributed by atoms with van der Waals surface area (Å²) in [5.74, 6) is -0.686. The first-order valence-electron chi connectivity index (χ1n) is 7.76. The number of nitrogens with one attached hydrogen (secondary N) is 1. The fraction of sp³-hybridized carbons (Fsp3) is 0.438. The SMILES string of the molecule is CC1CN(Cc2nnc(C(=O)Nc3ccc(F)cc3)s2)CC(C)O1. The Kier molecular flexibility index (Phi) is 5.17. The molecule has 6 nitrogen and oxygen atoms in total. The van der Waals surface area contributed by atoms with Crippen molar-refractivity contribution in [2.75, 3.05) is 18.4 Å². The molecule has 2 aromatic rings. The van der Waals surface area contributed by atoms with Crippen molar-refractivity contribution in [2.24, 2.45) is 0 Å². The van der Waals surface area contributed by atoms with E-state index in [4.69, 9.17) is 4.74 Å². The average Bonchev–Trinajstić information content (AvgIpc) is 2.97. The molecule has 1 aliphatic heterocycles. The van der Waals surface area contributed by atoms with E-state index in [1.807, 2.05) is 13.8 Å². The molecular formula is C16H19FN4O2S. The highest BCUT2D eigenvalue weighted by Crippen LogP contribution is 2.18. The molecule has 0 spiro atoms. The highest BCUT2D eigenvalue weighted by molar-refractivity contribution is 7.13. The highest BCUT2D eigenvalue weighted by Gasteiger charge is 2.23. The Bertz CT molecular complexity index is 696. The van der Waals surface area contributed by atoms with Gasteiger partial charge in [-0.2, -0.15) is 0 Å². The zero-order valence-corrected chi connectivity index (χ0v) is 14.3. The second-order valence-electron chi connectivity index (χ2n) is 5.91. The third-order valence-electron chi connectivity index (χ3n) is 3.62. The summed E-state index contributed by atoms with van der Waals surface area (Å²) in [5, 5.41) is 11.8. The Labute approximate surface area is 143 Å². The van der Waals surface area contributed by atoms with E-state index in [0.29, 0.717) is 17.2 Å². The molecule has 1 amide bonds. The predicted octanol–water partition coefficient (Wildman–Crippen LogP) is 2.54. The lowest BCUT2D eigenvalue weighted by Crippen LogP contribution is -2.44. The molecule has 0 aliphatic carbocycles. The van der Waals surface area contributed by atoms with Crippen LogP contribution in [0.5, 0.6) is 0 Å². The van der Waals surface area contributed by atoms with Gasteiger partial charge in [0.25, 0.3) is 5.91 Å². The lowest BCUT2D eigenvalue weighted by Gasteiger charge is -2.34. The number of halogens is 1. The van der Waals surface area contributed by atoms with E-state index in [9.17, 15) is 9.18 Å². The minimum atomic E-state index is -0.347. The molecule has 0 saturated carbocycles. The number of morpholine rings is 1. The summed E-state index contributed by atoms with van der Waals surface area (Å²) in [4.78, 5) is 14.4. The molecule has 1 fully saturated rings. The van der Waals surface area contributed by atoms with E-state index in [1.54, 1.807) is 0 Å². The fourth-order valence-corrected chi connectivity index (χ4v) is 3.51. The van der Waals surface area contributed by atoms with Gasteiger partial charge < -0.3 is 10.1 Å². The molecule has 1 aromatic carbocycles. The largest absolute Gasteiger partial charge is 0.373 e. The lowest BCUT2D eigenvalue weighted by atomic mass is 10.2. The van der Waals surface area contributed by atoms with Gasteiger partial charge in [0, 0.05) is 18.8 Å². The van der Waals surface area contributed by atoms with Gasteiger partial charge in [0.15, 0.2) is 0 Å². The van der Waals surface area contributed by atoms with E-state index >= 15 is 0 Å². The number of ether oxygens (including phenoxy) is 1. The molecule has 3 rings (SSSR count). The molecule has 2 unspecified atom stereocenters. The Hall–Kier alpha value is -1.90. The number of hydrogen-bond donors (Lipinski definition) is 1. The summed E-state index contributed by atoms with van der Waals surface area (Å²) in [7, 11) is 0. The molecule has 2 heterocycles. The van der Waals surface area contributed by atoms with Crippen LogP contribution in [-0.4, -0.2) is 46.3 Å². The van der Waals surface area contributed by atoms with Crippen molar-refractivity contribution in [1.29, 1.82) is 0 Å². The van der Waals surface area contributed by atoms with Gasteiger partial charge in [0.1, 0.15) is 10.8 Å². The van der Waals surface area contributed by atoms with E-state index in [1.165, 1.54) is 35.6 Å². The maximum absolute atomic E-state index is 12.9. The molecular weight excluding hydrogens is 331 g/mol. The fourth-order valence-electron chi connectivity index (χ4n) is 2.73. The first kappa shape index (κ1) is 16.9. The third-order valence-corrected chi connectivity index (χ3v) is 4.52. The molecule has 1 saturated heterocycles. The van der Waals surface area contributed by atoms with Crippen molar-refractivity contribution < 1.29 is 13.9 Å². The molecule has 2 atom stereocenters. The summed E-state index contributed by atoms with van der Waals surface area (Å²) in [5.41, 5.74) is 0.522. The molecule has 0 bridgehead atoms. The molecule has 8 heteroatoms. The van der Waals surface area contributed by atoms with Gasteiger partial charge in [-0.1, -0.05) is 11.3 Å². The van der Waals surface area contributed by atoms with Crippen molar-refractivity contribution in [3.8, 4) is 0 Å². The Morgan fingerprint density at radius 3 is 2.62 bits per heavy atom. The quantitative estimate of drug-likeness (QED) is 0.918. The van der Waals surface area contributed by atoms with Crippen LogP contribution in [0.4, 0.5) is 10.1 Å². The van der Waals surface area contributed by atoms with Crippen LogP contribution in [0.3, 0.4) is 0 Å². The molecule has 1 N–H and O–H groups in total. The zero-order chi connectivity index (χ0) is 17.1. The van der Waals surface area contributed by atoms with Crippen LogP contribution in [0.1, 0.15) is 28.7 Å². The van der Waals surface area contributed by atoms with Crippen molar-refractivity contribution in [2.45, 2.75) is 32.6 Å². The maximum atomic E-state index is 12.9. The number of carbonyl (C=O) groups excluding carboxylic acids is 1. The second-order valence-corrected chi connectivity index (χ2v) is 6.98. The number of aromatic nitrogens is 2. The number of benzene rings is 1. The average molecular weight is 350 g/mol. The maximum Gasteiger partial charge on any atom is 0.286 e. The van der Waals surface area contributed by atoms with E-state index < -0.39 is 0 Å². The molecule has 1 aromatic heterocycles. The lowest BCUT2D eigenvalue weighted by molar-refractivity contribution is -0.0705. The number of rotatable bonds is 4. The molecule has 24 heavy (non-hydrogen) atoms. The molecule has 128 valence electrons. The second kappa shape index (κ2) is 7.33. The summed E-state index contributed by atoms with van der Waals surface area (Å²) < 4.78 is 18.6. The summed E-state index contributed by atoms with van der Waals surface area (Å²) >= 11 is 1.27. The van der Waals surface area contributed by atoms with Gasteiger partial charge >= 0.3 is 0 Å². The molecule has 1 aliphatic rings. The number of carbonyl (C=O) groups is 1. The van der Waals surface area contributed by atoms with Crippen LogP contribution < -0.4 is 5.32 Å². The van der Waals surface area contributed by atoms with Crippen LogP contribution >= 0.6 is 11.3 Å². The van der Waals surface area contributed by atoms with Crippen LogP contribution in [0, 0.1) is 5.82 Å². The highest BCUT2D eigenvalue weighted by atomic mass is 32.1. The third kappa shape index (κ3) is 4.34. The van der Waals surface area contributed by atoms with E-state index in [-0.39, 0.29) is 23.9 Å². The summed E-state index contributed by atoms with van der Waals surface area (Å²) in [6.45, 7) is 6.41. The van der Waals surface area contributed by atoms with E-state index in [0.717, 1.165) is 18.1 Å². The van der Waals surface area contributed by atoms with Gasteiger partial charge in [-0.25, -0.2) is 4.39 Å². The number of amides is 1. The minimum Gasteiger partial charge on any atom is -0.373 e. The zero-order valence-electron chi connectivity index (χ0n) is 13.5. The van der Waals surface area contributed by atoms with Gasteiger partial charge in [0.2, 0.25) is 5.01 Å². The van der Waals surface area contributed by atoms with Crippen molar-refractivity contribution in [1.82, 2.24) is 15.1 Å². The first-order chi connectivity index (χ1) is 11.5. The first-order valence-corrected chi connectivity index (χ1v) is 8.58. The topological polar surface area (TPSA) is 67.4 Å². The Balaban J connectivity index is 1.60. The summed E-state index contributed by atoms with van der Waals surface area (Å²) in [6, 6.07) is 5.60. The number of nitrogens with zero attached hydrogens (tertiary/aromatic N) is 3. The van der Waals surface area contributed by atoms with E-state index in [2.05, 4.69) is 20.4 Å². The van der Waals surface area contributed by atoms with Gasteiger partial charge in [-0.05, 0) is 38.1 Å². The Morgan fingerprint density at radius 2 is 1.96 bits per heavy atom. The number of anilines is 1. The standard InChI is InChI=1S/C16H19FN4O2S/c1-10-7-21(8-11(2)23-10)9-14-19-20-16(24-14)15(22)18-13-5-3-12(17)4-6-13/h3-6,10-11H,7-9H2,1-2H3,(H,18,22). The minimum absolute atomic E-state index is 0.183. The molecule has 0 radical (unpaired) electrons. The van der Waals surface area contributed by atoms with Crippen molar-refractivity contribution >= 4 is 22.9 Å². The predicted molar refractivity (Wildman–Crippen MR) is 89.5 cm³/mol. The van der Waals surface area contributed by atoms with Gasteiger partial charge in [-0.3, -0.25) is 9.69 Å². The van der Waals surface area contributed by atoms with Crippen LogP contribution in [-0.2, 0) is 11.3 Å². The van der Waals surface area contributed by atoms with Gasteiger partial charge in [0.05, 0.1) is 18.8 Å². The van der Waals surface area contributed by atoms with Crippen molar-refractivity contribution in [3.63, 3.8) is 0 Å². The smallest absolute Gasteiger partial charge is 0.286 e. The van der Waals surface area contributed by atoms with Gasteiger partial charge in [-0.15, -0.1) is 10.2 Å². The monoisotopic (exact) mass is 350 g/mol. The van der Waals surface area contributed by atoms with Crippen LogP contribution in [0.2, 0.25) is 0 Å². The summed E-state index contributed by atoms with van der Waals surface area (Å²) in [6.07, 6.45) is 0.367. The normalized spacial score (nSPS) is 21.6. The Morgan fingerprint density at radius 1 is 1.29 bits per heavy atom. The van der Waals surface area contributed by atoms with Crippen LogP contribution in [0.25, 0.3) is 0 Å².